The number of rotatable bonds is 2. The van der Waals surface area contributed by atoms with E-state index in [0.29, 0.717) is 5.92 Å². The van der Waals surface area contributed by atoms with Crippen molar-refractivity contribution in [3.8, 4) is 0 Å². The Morgan fingerprint density at radius 1 is 1.11 bits per heavy atom. The van der Waals surface area contributed by atoms with Crippen LogP contribution in [0.1, 0.15) is 75.7 Å². The molecule has 0 heterocycles. The van der Waals surface area contributed by atoms with E-state index in [1.165, 1.54) is 43.2 Å². The Hall–Kier alpha value is -0.820. The van der Waals surface area contributed by atoms with Crippen molar-refractivity contribution in [1.29, 1.82) is 0 Å². The van der Waals surface area contributed by atoms with E-state index in [4.69, 9.17) is 0 Å². The first-order chi connectivity index (χ1) is 8.89. The molecule has 1 nitrogen and oxygen atoms in total. The van der Waals surface area contributed by atoms with E-state index < -0.39 is 0 Å². The average Bonchev–Trinajstić information content (AvgIpc) is 2.38. The molecule has 1 aliphatic carbocycles. The Bertz CT molecular complexity index is 422. The van der Waals surface area contributed by atoms with Gasteiger partial charge in [-0.25, -0.2) is 0 Å². The van der Waals surface area contributed by atoms with Crippen molar-refractivity contribution in [3.05, 3.63) is 34.9 Å². The number of benzene rings is 1. The van der Waals surface area contributed by atoms with Crippen LogP contribution >= 0.6 is 0 Å². The van der Waals surface area contributed by atoms with E-state index >= 15 is 0 Å². The van der Waals surface area contributed by atoms with Gasteiger partial charge in [0.2, 0.25) is 0 Å². The zero-order valence-corrected chi connectivity index (χ0v) is 12.9. The molecule has 0 saturated heterocycles. The van der Waals surface area contributed by atoms with Gasteiger partial charge >= 0.3 is 0 Å². The van der Waals surface area contributed by atoms with Crippen molar-refractivity contribution in [3.63, 3.8) is 0 Å². The lowest BCUT2D eigenvalue weighted by molar-refractivity contribution is 0.0842. The molecule has 106 valence electrons. The van der Waals surface area contributed by atoms with E-state index in [9.17, 15) is 5.11 Å². The molecule has 1 aromatic rings. The van der Waals surface area contributed by atoms with Gasteiger partial charge in [0.15, 0.2) is 0 Å². The fourth-order valence-corrected chi connectivity index (χ4v) is 3.13. The highest BCUT2D eigenvalue weighted by molar-refractivity contribution is 5.36. The van der Waals surface area contributed by atoms with Crippen LogP contribution in [-0.2, 0) is 5.41 Å². The Balaban J connectivity index is 2.27. The van der Waals surface area contributed by atoms with Crippen LogP contribution in [0.5, 0.6) is 0 Å². The van der Waals surface area contributed by atoms with E-state index in [2.05, 4.69) is 45.9 Å². The predicted octanol–water partition coefficient (Wildman–Crippen LogP) is 4.91. The normalized spacial score (nSPS) is 19.4. The van der Waals surface area contributed by atoms with Gasteiger partial charge in [0.1, 0.15) is 0 Å². The third-order valence-electron chi connectivity index (χ3n) is 4.56. The van der Waals surface area contributed by atoms with Crippen LogP contribution < -0.4 is 0 Å². The molecule has 0 amide bonds. The molecular weight excluding hydrogens is 232 g/mol. The summed E-state index contributed by atoms with van der Waals surface area (Å²) in [6.45, 7) is 8.81. The summed E-state index contributed by atoms with van der Waals surface area (Å²) in [7, 11) is 0. The molecule has 0 aliphatic heterocycles. The Morgan fingerprint density at radius 2 is 1.74 bits per heavy atom. The van der Waals surface area contributed by atoms with Gasteiger partial charge in [-0.05, 0) is 47.8 Å². The second kappa shape index (κ2) is 5.66. The van der Waals surface area contributed by atoms with Gasteiger partial charge in [0.05, 0.1) is 6.10 Å². The first kappa shape index (κ1) is 14.6. The minimum atomic E-state index is -0.275. The highest BCUT2D eigenvalue weighted by atomic mass is 16.3. The van der Waals surface area contributed by atoms with Crippen molar-refractivity contribution in [1.82, 2.24) is 0 Å². The summed E-state index contributed by atoms with van der Waals surface area (Å²) in [4.78, 5) is 0. The molecule has 1 atom stereocenters. The summed E-state index contributed by atoms with van der Waals surface area (Å²) in [6, 6.07) is 6.60. The van der Waals surface area contributed by atoms with E-state index in [1.807, 2.05) is 0 Å². The maximum Gasteiger partial charge on any atom is 0.0820 e. The summed E-state index contributed by atoms with van der Waals surface area (Å²) in [5, 5.41) is 10.7. The van der Waals surface area contributed by atoms with Gasteiger partial charge in [-0.2, -0.15) is 0 Å². The lowest BCUT2D eigenvalue weighted by Gasteiger charge is -2.29. The van der Waals surface area contributed by atoms with Crippen molar-refractivity contribution in [2.75, 3.05) is 0 Å². The maximum atomic E-state index is 10.7. The van der Waals surface area contributed by atoms with Gasteiger partial charge in [-0.1, -0.05) is 58.2 Å². The lowest BCUT2D eigenvalue weighted by Crippen LogP contribution is -2.18. The average molecular weight is 260 g/mol. The fourth-order valence-electron chi connectivity index (χ4n) is 3.13. The third kappa shape index (κ3) is 3.39. The zero-order chi connectivity index (χ0) is 14.0. The van der Waals surface area contributed by atoms with E-state index in [-0.39, 0.29) is 11.5 Å². The maximum absolute atomic E-state index is 10.7. The Morgan fingerprint density at radius 3 is 2.32 bits per heavy atom. The van der Waals surface area contributed by atoms with Crippen LogP contribution in [0.4, 0.5) is 0 Å². The van der Waals surface area contributed by atoms with Crippen molar-refractivity contribution in [2.24, 2.45) is 5.92 Å². The highest BCUT2D eigenvalue weighted by Gasteiger charge is 2.25. The number of aliphatic hydroxyl groups excluding tert-OH is 1. The van der Waals surface area contributed by atoms with Gasteiger partial charge in [-0.3, -0.25) is 0 Å². The molecule has 2 rings (SSSR count). The number of aliphatic hydroxyl groups is 1. The third-order valence-corrected chi connectivity index (χ3v) is 4.56. The van der Waals surface area contributed by atoms with Gasteiger partial charge in [0, 0.05) is 0 Å². The minimum Gasteiger partial charge on any atom is -0.388 e. The summed E-state index contributed by atoms with van der Waals surface area (Å²) in [5.74, 6) is 0.461. The standard InChI is InChI=1S/C18H28O/c1-13-10-11-15(18(2,3)4)12-16(13)17(19)14-8-6-5-7-9-14/h10-12,14,17,19H,5-9H2,1-4H3. The summed E-state index contributed by atoms with van der Waals surface area (Å²) in [5.41, 5.74) is 3.85. The topological polar surface area (TPSA) is 20.2 Å². The molecule has 19 heavy (non-hydrogen) atoms. The monoisotopic (exact) mass is 260 g/mol. The minimum absolute atomic E-state index is 0.148. The van der Waals surface area contributed by atoms with Crippen molar-refractivity contribution < 1.29 is 5.11 Å². The molecule has 1 N–H and O–H groups in total. The molecule has 1 heteroatoms. The molecule has 1 fully saturated rings. The first-order valence-electron chi connectivity index (χ1n) is 7.68. The highest BCUT2D eigenvalue weighted by Crippen LogP contribution is 2.37. The largest absolute Gasteiger partial charge is 0.388 e. The lowest BCUT2D eigenvalue weighted by atomic mass is 9.79. The van der Waals surface area contributed by atoms with Crippen molar-refractivity contribution >= 4 is 0 Å². The van der Waals surface area contributed by atoms with Crippen LogP contribution in [0.25, 0.3) is 0 Å². The molecule has 0 radical (unpaired) electrons. The van der Waals surface area contributed by atoms with Gasteiger partial charge in [-0.15, -0.1) is 0 Å². The molecule has 1 saturated carbocycles. The quantitative estimate of drug-likeness (QED) is 0.801. The second-order valence-electron chi connectivity index (χ2n) is 7.16. The van der Waals surface area contributed by atoms with E-state index in [1.54, 1.807) is 0 Å². The number of hydrogen-bond acceptors (Lipinski definition) is 1. The van der Waals surface area contributed by atoms with E-state index in [0.717, 1.165) is 5.56 Å². The second-order valence-corrected chi connectivity index (χ2v) is 7.16. The van der Waals surface area contributed by atoms with Gasteiger partial charge in [0.25, 0.3) is 0 Å². The molecule has 0 spiro atoms. The number of hydrogen-bond donors (Lipinski definition) is 1. The van der Waals surface area contributed by atoms with Crippen LogP contribution in [0, 0.1) is 12.8 Å². The van der Waals surface area contributed by atoms with Crippen LogP contribution in [0.3, 0.4) is 0 Å². The molecule has 1 unspecified atom stereocenters. The Labute approximate surface area is 118 Å². The van der Waals surface area contributed by atoms with Crippen LogP contribution in [-0.4, -0.2) is 5.11 Å². The first-order valence-corrected chi connectivity index (χ1v) is 7.68. The summed E-state index contributed by atoms with van der Waals surface area (Å²) in [6.07, 6.45) is 5.98. The molecule has 1 aromatic carbocycles. The van der Waals surface area contributed by atoms with Crippen molar-refractivity contribution in [2.45, 2.75) is 71.3 Å². The number of aryl methyl sites for hydroxylation is 1. The molecule has 1 aliphatic rings. The summed E-state index contributed by atoms with van der Waals surface area (Å²) < 4.78 is 0. The zero-order valence-electron chi connectivity index (χ0n) is 12.9. The Kier molecular flexibility index (Phi) is 4.35. The smallest absolute Gasteiger partial charge is 0.0820 e. The predicted molar refractivity (Wildman–Crippen MR) is 81.4 cm³/mol. The SMILES string of the molecule is Cc1ccc(C(C)(C)C)cc1C(O)C1CCCCC1. The molecule has 0 aromatic heterocycles. The van der Waals surface area contributed by atoms with Gasteiger partial charge < -0.3 is 5.11 Å². The summed E-state index contributed by atoms with van der Waals surface area (Å²) >= 11 is 0. The van der Waals surface area contributed by atoms with Crippen LogP contribution in [0.15, 0.2) is 18.2 Å². The fraction of sp³-hybridized carbons (Fsp3) is 0.667. The van der Waals surface area contributed by atoms with Crippen LogP contribution in [0.2, 0.25) is 0 Å². The molecule has 0 bridgehead atoms. The molecular formula is C18H28O.